The molecule has 0 bridgehead atoms. The summed E-state index contributed by atoms with van der Waals surface area (Å²) in [6.07, 6.45) is 5.09. The predicted octanol–water partition coefficient (Wildman–Crippen LogP) is 3.21. The van der Waals surface area contributed by atoms with Gasteiger partial charge in [0.1, 0.15) is 0 Å². The van der Waals surface area contributed by atoms with E-state index in [-0.39, 0.29) is 18.4 Å². The molecule has 2 unspecified atom stereocenters. The Morgan fingerprint density at radius 3 is 2.58 bits per heavy atom. The van der Waals surface area contributed by atoms with Gasteiger partial charge < -0.3 is 10.6 Å². The zero-order valence-corrected chi connectivity index (χ0v) is 13.8. The molecule has 0 saturated carbocycles. The Hall–Kier alpha value is -0.280. The lowest BCUT2D eigenvalue weighted by atomic mass is 9.89. The molecule has 2 N–H and O–H groups in total. The lowest BCUT2D eigenvalue weighted by molar-refractivity contribution is -0.133. The summed E-state index contributed by atoms with van der Waals surface area (Å²) in [4.78, 5) is 14.2. The van der Waals surface area contributed by atoms with Crippen molar-refractivity contribution in [2.75, 3.05) is 13.1 Å². The largest absolute Gasteiger partial charge is 0.342 e. The highest BCUT2D eigenvalue weighted by Crippen LogP contribution is 2.23. The molecule has 4 heteroatoms. The number of carbonyl (C=O) groups excluding carboxylic acids is 1. The topological polar surface area (TPSA) is 46.3 Å². The molecule has 1 amide bonds. The van der Waals surface area contributed by atoms with Crippen LogP contribution in [0, 0.1) is 11.3 Å². The van der Waals surface area contributed by atoms with Gasteiger partial charge in [0.2, 0.25) is 5.91 Å². The van der Waals surface area contributed by atoms with Crippen LogP contribution in [0.1, 0.15) is 59.8 Å². The molecule has 2 atom stereocenters. The lowest BCUT2D eigenvalue weighted by Crippen LogP contribution is -2.45. The van der Waals surface area contributed by atoms with Gasteiger partial charge in [-0.25, -0.2) is 0 Å². The zero-order valence-electron chi connectivity index (χ0n) is 12.9. The van der Waals surface area contributed by atoms with E-state index in [2.05, 4.69) is 27.7 Å². The number of halogens is 1. The zero-order chi connectivity index (χ0) is 13.8. The number of nitrogens with two attached hydrogens (primary N) is 1. The molecule has 1 rings (SSSR count). The van der Waals surface area contributed by atoms with E-state index in [0.717, 1.165) is 32.4 Å². The SMILES string of the molecule is CC(N)C1CCCN(C(=O)CCCC(C)(C)C)C1.Cl. The maximum atomic E-state index is 12.1. The minimum Gasteiger partial charge on any atom is -0.342 e. The van der Waals surface area contributed by atoms with Crippen LogP contribution in [-0.2, 0) is 4.79 Å². The van der Waals surface area contributed by atoms with Gasteiger partial charge in [-0.1, -0.05) is 20.8 Å². The van der Waals surface area contributed by atoms with Crippen molar-refractivity contribution >= 4 is 18.3 Å². The molecule has 19 heavy (non-hydrogen) atoms. The summed E-state index contributed by atoms with van der Waals surface area (Å²) in [6.45, 7) is 10.5. The summed E-state index contributed by atoms with van der Waals surface area (Å²) in [6, 6.07) is 0.204. The summed E-state index contributed by atoms with van der Waals surface area (Å²) >= 11 is 0. The normalized spacial score (nSPS) is 21.7. The van der Waals surface area contributed by atoms with Crippen molar-refractivity contribution in [3.63, 3.8) is 0 Å². The van der Waals surface area contributed by atoms with Gasteiger partial charge in [-0.2, -0.15) is 0 Å². The second-order valence-electron chi connectivity index (χ2n) is 7.02. The van der Waals surface area contributed by atoms with E-state index in [9.17, 15) is 4.79 Å². The number of hydrogen-bond donors (Lipinski definition) is 1. The Labute approximate surface area is 124 Å². The maximum Gasteiger partial charge on any atom is 0.222 e. The van der Waals surface area contributed by atoms with Crippen molar-refractivity contribution in [1.29, 1.82) is 0 Å². The van der Waals surface area contributed by atoms with Gasteiger partial charge in [0.15, 0.2) is 0 Å². The fraction of sp³-hybridized carbons (Fsp3) is 0.933. The number of nitrogens with zero attached hydrogens (tertiary/aromatic N) is 1. The predicted molar refractivity (Wildman–Crippen MR) is 83.5 cm³/mol. The molecule has 1 aliphatic heterocycles. The number of likely N-dealkylation sites (tertiary alicyclic amines) is 1. The third-order valence-electron chi connectivity index (χ3n) is 3.87. The Bertz CT molecular complexity index is 274. The van der Waals surface area contributed by atoms with Gasteiger partial charge in [0.05, 0.1) is 0 Å². The average Bonchev–Trinajstić information content (AvgIpc) is 2.27. The number of rotatable bonds is 4. The lowest BCUT2D eigenvalue weighted by Gasteiger charge is -2.34. The monoisotopic (exact) mass is 290 g/mol. The second kappa shape index (κ2) is 8.11. The third-order valence-corrected chi connectivity index (χ3v) is 3.87. The van der Waals surface area contributed by atoms with E-state index < -0.39 is 0 Å². The molecule has 0 aliphatic carbocycles. The van der Waals surface area contributed by atoms with E-state index in [1.807, 2.05) is 4.90 Å². The highest BCUT2D eigenvalue weighted by atomic mass is 35.5. The standard InChI is InChI=1S/C15H30N2O.ClH/c1-12(16)13-7-6-10-17(11-13)14(18)8-5-9-15(2,3)4;/h12-13H,5-11,16H2,1-4H3;1H. The fourth-order valence-electron chi connectivity index (χ4n) is 2.59. The van der Waals surface area contributed by atoms with Crippen LogP contribution in [0.3, 0.4) is 0 Å². The van der Waals surface area contributed by atoms with Crippen molar-refractivity contribution in [3.05, 3.63) is 0 Å². The first-order valence-electron chi connectivity index (χ1n) is 7.33. The Morgan fingerprint density at radius 1 is 1.42 bits per heavy atom. The van der Waals surface area contributed by atoms with Gasteiger partial charge >= 0.3 is 0 Å². The maximum absolute atomic E-state index is 12.1. The molecule has 3 nitrogen and oxygen atoms in total. The summed E-state index contributed by atoms with van der Waals surface area (Å²) in [5.74, 6) is 0.815. The van der Waals surface area contributed by atoms with Crippen LogP contribution in [0.4, 0.5) is 0 Å². The van der Waals surface area contributed by atoms with Crippen molar-refractivity contribution in [1.82, 2.24) is 4.90 Å². The molecule has 1 heterocycles. The van der Waals surface area contributed by atoms with E-state index in [4.69, 9.17) is 5.73 Å². The number of hydrogen-bond acceptors (Lipinski definition) is 2. The molecular formula is C15H31ClN2O. The van der Waals surface area contributed by atoms with Crippen LogP contribution in [-0.4, -0.2) is 29.9 Å². The van der Waals surface area contributed by atoms with E-state index in [1.165, 1.54) is 6.42 Å². The fourth-order valence-corrected chi connectivity index (χ4v) is 2.59. The molecule has 0 aromatic heterocycles. The number of amides is 1. The van der Waals surface area contributed by atoms with Gasteiger partial charge in [-0.15, -0.1) is 12.4 Å². The van der Waals surface area contributed by atoms with Gasteiger partial charge in [-0.3, -0.25) is 4.79 Å². The molecule has 1 fully saturated rings. The van der Waals surface area contributed by atoms with Crippen molar-refractivity contribution in [2.24, 2.45) is 17.1 Å². The smallest absolute Gasteiger partial charge is 0.222 e. The van der Waals surface area contributed by atoms with Crippen LogP contribution in [0.5, 0.6) is 0 Å². The van der Waals surface area contributed by atoms with E-state index in [0.29, 0.717) is 23.7 Å². The van der Waals surface area contributed by atoms with Crippen molar-refractivity contribution in [3.8, 4) is 0 Å². The highest BCUT2D eigenvalue weighted by Gasteiger charge is 2.25. The molecule has 0 spiro atoms. The molecule has 0 aromatic rings. The quantitative estimate of drug-likeness (QED) is 0.864. The van der Waals surface area contributed by atoms with Crippen LogP contribution in [0.15, 0.2) is 0 Å². The first-order chi connectivity index (χ1) is 8.29. The first-order valence-corrected chi connectivity index (χ1v) is 7.33. The van der Waals surface area contributed by atoms with Crippen LogP contribution in [0.25, 0.3) is 0 Å². The Balaban J connectivity index is 0.00000324. The van der Waals surface area contributed by atoms with Crippen molar-refractivity contribution < 1.29 is 4.79 Å². The van der Waals surface area contributed by atoms with Crippen LogP contribution < -0.4 is 5.73 Å². The summed E-state index contributed by atoms with van der Waals surface area (Å²) in [5.41, 5.74) is 6.28. The second-order valence-corrected chi connectivity index (χ2v) is 7.02. The average molecular weight is 291 g/mol. The van der Waals surface area contributed by atoms with E-state index in [1.54, 1.807) is 0 Å². The number of carbonyl (C=O) groups is 1. The Morgan fingerprint density at radius 2 is 2.05 bits per heavy atom. The molecule has 0 aromatic carbocycles. The summed E-state index contributed by atoms with van der Waals surface area (Å²) in [5, 5.41) is 0. The van der Waals surface area contributed by atoms with Crippen LogP contribution >= 0.6 is 12.4 Å². The number of piperidine rings is 1. The summed E-state index contributed by atoms with van der Waals surface area (Å²) < 4.78 is 0. The molecule has 0 radical (unpaired) electrons. The third kappa shape index (κ3) is 7.17. The summed E-state index contributed by atoms with van der Waals surface area (Å²) in [7, 11) is 0. The molecule has 1 aliphatic rings. The van der Waals surface area contributed by atoms with Crippen LogP contribution in [0.2, 0.25) is 0 Å². The molecule has 114 valence electrons. The van der Waals surface area contributed by atoms with E-state index >= 15 is 0 Å². The van der Waals surface area contributed by atoms with Gasteiger partial charge in [-0.05, 0) is 43.9 Å². The molecular weight excluding hydrogens is 260 g/mol. The molecule has 1 saturated heterocycles. The highest BCUT2D eigenvalue weighted by molar-refractivity contribution is 5.85. The van der Waals surface area contributed by atoms with Gasteiger partial charge in [0.25, 0.3) is 0 Å². The van der Waals surface area contributed by atoms with Crippen molar-refractivity contribution in [2.45, 2.75) is 65.8 Å². The minimum atomic E-state index is 0. The van der Waals surface area contributed by atoms with Gasteiger partial charge in [0, 0.05) is 25.6 Å². The Kier molecular flexibility index (Phi) is 7.99. The minimum absolute atomic E-state index is 0. The first kappa shape index (κ1) is 18.7.